The number of nitrogens with one attached hydrogen (secondary N) is 1. The van der Waals surface area contributed by atoms with Crippen molar-refractivity contribution in [2.45, 2.75) is 58.4 Å². The summed E-state index contributed by atoms with van der Waals surface area (Å²) in [4.78, 5) is 17.2. The summed E-state index contributed by atoms with van der Waals surface area (Å²) >= 11 is 0. The Morgan fingerprint density at radius 1 is 1.30 bits per heavy atom. The molecule has 6 nitrogen and oxygen atoms in total. The lowest BCUT2D eigenvalue weighted by atomic mass is 9.92. The summed E-state index contributed by atoms with van der Waals surface area (Å²) in [6.45, 7) is 6.84. The summed E-state index contributed by atoms with van der Waals surface area (Å²) in [5, 5.41) is 7.21. The van der Waals surface area contributed by atoms with Crippen molar-refractivity contribution in [2.24, 2.45) is 11.1 Å². The van der Waals surface area contributed by atoms with E-state index in [-0.39, 0.29) is 29.3 Å². The molecule has 3 rings (SSSR count). The van der Waals surface area contributed by atoms with Crippen LogP contribution < -0.4 is 11.1 Å². The van der Waals surface area contributed by atoms with Gasteiger partial charge < -0.3 is 15.6 Å². The zero-order valence-electron chi connectivity index (χ0n) is 16.2. The van der Waals surface area contributed by atoms with Crippen LogP contribution in [0.3, 0.4) is 0 Å². The Hall–Kier alpha value is -1.92. The van der Waals surface area contributed by atoms with E-state index >= 15 is 0 Å². The summed E-state index contributed by atoms with van der Waals surface area (Å²) in [7, 11) is 0. The van der Waals surface area contributed by atoms with Crippen LogP contribution in [0.2, 0.25) is 0 Å². The third-order valence-electron chi connectivity index (χ3n) is 4.86. The molecule has 0 bridgehead atoms. The van der Waals surface area contributed by atoms with Crippen LogP contribution in [0.5, 0.6) is 0 Å². The van der Waals surface area contributed by atoms with Crippen LogP contribution >= 0.6 is 12.4 Å². The van der Waals surface area contributed by atoms with E-state index in [0.717, 1.165) is 31.2 Å². The van der Waals surface area contributed by atoms with Crippen LogP contribution in [0.1, 0.15) is 62.7 Å². The average molecular weight is 393 g/mol. The molecule has 1 aliphatic carbocycles. The lowest BCUT2D eigenvalue weighted by Gasteiger charge is -2.28. The van der Waals surface area contributed by atoms with Gasteiger partial charge in [-0.25, -0.2) is 0 Å². The molecule has 7 heteroatoms. The maximum atomic E-state index is 12.7. The fourth-order valence-electron chi connectivity index (χ4n) is 3.44. The van der Waals surface area contributed by atoms with Gasteiger partial charge in [-0.3, -0.25) is 4.79 Å². The van der Waals surface area contributed by atoms with E-state index in [0.29, 0.717) is 30.2 Å². The molecule has 1 amide bonds. The van der Waals surface area contributed by atoms with Crippen molar-refractivity contribution in [3.05, 3.63) is 35.7 Å². The van der Waals surface area contributed by atoms with Gasteiger partial charge in [0, 0.05) is 24.1 Å². The summed E-state index contributed by atoms with van der Waals surface area (Å²) in [6.07, 6.45) is 4.80. The second-order valence-electron chi connectivity index (χ2n) is 8.48. The second-order valence-corrected chi connectivity index (χ2v) is 8.48. The van der Waals surface area contributed by atoms with Crippen LogP contribution in [0, 0.1) is 5.41 Å². The molecule has 148 valence electrons. The maximum absolute atomic E-state index is 12.7. The average Bonchev–Trinajstić information content (AvgIpc) is 3.23. The Balaban J connectivity index is 0.00000261. The molecule has 1 fully saturated rings. The first-order valence-corrected chi connectivity index (χ1v) is 9.26. The highest BCUT2D eigenvalue weighted by atomic mass is 35.5. The molecule has 3 N–H and O–H groups in total. The summed E-state index contributed by atoms with van der Waals surface area (Å²) in [5.74, 6) is 1.02. The van der Waals surface area contributed by atoms with E-state index in [9.17, 15) is 4.79 Å². The third-order valence-corrected chi connectivity index (χ3v) is 4.86. The van der Waals surface area contributed by atoms with Crippen LogP contribution in [-0.2, 0) is 6.42 Å². The SMILES string of the molecule is CC(C)(C)Cc1nc(-c2cccc(C(=O)NC3(CN)CCCC3)c2)no1.Cl. The van der Waals surface area contributed by atoms with Crippen molar-refractivity contribution < 1.29 is 9.32 Å². The molecule has 1 aliphatic rings. The predicted molar refractivity (Wildman–Crippen MR) is 108 cm³/mol. The maximum Gasteiger partial charge on any atom is 0.251 e. The molecule has 0 unspecified atom stereocenters. The monoisotopic (exact) mass is 392 g/mol. The van der Waals surface area contributed by atoms with Gasteiger partial charge in [-0.05, 0) is 30.4 Å². The molecule has 2 aromatic rings. The van der Waals surface area contributed by atoms with Gasteiger partial charge in [0.25, 0.3) is 5.91 Å². The van der Waals surface area contributed by atoms with Crippen molar-refractivity contribution in [3.63, 3.8) is 0 Å². The minimum absolute atomic E-state index is 0. The number of hydrogen-bond donors (Lipinski definition) is 2. The van der Waals surface area contributed by atoms with E-state index < -0.39 is 0 Å². The standard InChI is InChI=1S/C20H28N4O2.ClH/c1-19(2,3)12-16-22-17(24-26-16)14-7-6-8-15(11-14)18(25)23-20(13-21)9-4-5-10-20;/h6-8,11H,4-5,9-10,12-13,21H2,1-3H3,(H,23,25);1H. The number of carbonyl (C=O) groups excluding carboxylic acids is 1. The minimum atomic E-state index is -0.265. The number of amides is 1. The highest BCUT2D eigenvalue weighted by molar-refractivity contribution is 5.95. The minimum Gasteiger partial charge on any atom is -0.345 e. The van der Waals surface area contributed by atoms with E-state index in [4.69, 9.17) is 10.3 Å². The number of nitrogens with zero attached hydrogens (tertiary/aromatic N) is 2. The fourth-order valence-corrected chi connectivity index (χ4v) is 3.44. The molecule has 1 heterocycles. The Labute approximate surface area is 166 Å². The number of nitrogens with two attached hydrogens (primary N) is 1. The van der Waals surface area contributed by atoms with Crippen molar-refractivity contribution in [2.75, 3.05) is 6.54 Å². The number of halogens is 1. The molecule has 0 aliphatic heterocycles. The Morgan fingerprint density at radius 3 is 2.63 bits per heavy atom. The number of carbonyl (C=O) groups is 1. The Kier molecular flexibility index (Phi) is 6.65. The molecule has 0 spiro atoms. The smallest absolute Gasteiger partial charge is 0.251 e. The van der Waals surface area contributed by atoms with Gasteiger partial charge in [0.05, 0.1) is 5.54 Å². The number of aromatic nitrogens is 2. The molecular weight excluding hydrogens is 364 g/mol. The zero-order chi connectivity index (χ0) is 18.8. The fraction of sp³-hybridized carbons (Fsp3) is 0.550. The lowest BCUT2D eigenvalue weighted by molar-refractivity contribution is 0.0903. The van der Waals surface area contributed by atoms with Crippen LogP contribution in [0.15, 0.2) is 28.8 Å². The van der Waals surface area contributed by atoms with E-state index in [1.807, 2.05) is 12.1 Å². The highest BCUT2D eigenvalue weighted by Gasteiger charge is 2.34. The highest BCUT2D eigenvalue weighted by Crippen LogP contribution is 2.29. The molecule has 1 aromatic heterocycles. The molecule has 1 saturated carbocycles. The lowest BCUT2D eigenvalue weighted by Crippen LogP contribution is -2.51. The van der Waals surface area contributed by atoms with Gasteiger partial charge in [-0.2, -0.15) is 4.98 Å². The van der Waals surface area contributed by atoms with Crippen molar-refractivity contribution >= 4 is 18.3 Å². The Bertz CT molecular complexity index is 776. The van der Waals surface area contributed by atoms with Crippen molar-refractivity contribution in [3.8, 4) is 11.4 Å². The molecular formula is C20H29ClN4O2. The first-order valence-electron chi connectivity index (χ1n) is 9.26. The topological polar surface area (TPSA) is 94.0 Å². The third kappa shape index (κ3) is 5.30. The second kappa shape index (κ2) is 8.40. The van der Waals surface area contributed by atoms with Crippen LogP contribution in [0.4, 0.5) is 0 Å². The normalized spacial score (nSPS) is 16.0. The zero-order valence-corrected chi connectivity index (χ0v) is 17.1. The number of rotatable bonds is 5. The van der Waals surface area contributed by atoms with Gasteiger partial charge in [0.1, 0.15) is 0 Å². The largest absolute Gasteiger partial charge is 0.345 e. The first-order chi connectivity index (χ1) is 12.3. The van der Waals surface area contributed by atoms with Gasteiger partial charge in [-0.1, -0.05) is 50.9 Å². The number of benzene rings is 1. The van der Waals surface area contributed by atoms with Crippen molar-refractivity contribution in [1.29, 1.82) is 0 Å². The van der Waals surface area contributed by atoms with E-state index in [1.165, 1.54) is 0 Å². The van der Waals surface area contributed by atoms with Crippen molar-refractivity contribution in [1.82, 2.24) is 15.5 Å². The van der Waals surface area contributed by atoms with E-state index in [1.54, 1.807) is 12.1 Å². The van der Waals surface area contributed by atoms with Crippen LogP contribution in [0.25, 0.3) is 11.4 Å². The molecule has 0 radical (unpaired) electrons. The number of hydrogen-bond acceptors (Lipinski definition) is 5. The molecule has 1 aromatic carbocycles. The predicted octanol–water partition coefficient (Wildman–Crippen LogP) is 3.75. The summed E-state index contributed by atoms with van der Waals surface area (Å²) in [6, 6.07) is 7.33. The van der Waals surface area contributed by atoms with Gasteiger partial charge >= 0.3 is 0 Å². The van der Waals surface area contributed by atoms with Crippen LogP contribution in [-0.4, -0.2) is 28.1 Å². The molecule has 0 saturated heterocycles. The van der Waals surface area contributed by atoms with Gasteiger partial charge in [0.2, 0.25) is 11.7 Å². The Morgan fingerprint density at radius 2 is 2.00 bits per heavy atom. The van der Waals surface area contributed by atoms with Gasteiger partial charge in [-0.15, -0.1) is 12.4 Å². The van der Waals surface area contributed by atoms with Gasteiger partial charge in [0.15, 0.2) is 0 Å². The molecule has 27 heavy (non-hydrogen) atoms. The quantitative estimate of drug-likeness (QED) is 0.808. The van der Waals surface area contributed by atoms with E-state index in [2.05, 4.69) is 36.2 Å². The molecule has 0 atom stereocenters. The summed E-state index contributed by atoms with van der Waals surface area (Å²) in [5.41, 5.74) is 7.09. The first kappa shape index (κ1) is 21.4. The summed E-state index contributed by atoms with van der Waals surface area (Å²) < 4.78 is 5.36.